The summed E-state index contributed by atoms with van der Waals surface area (Å²) >= 11 is 0. The van der Waals surface area contributed by atoms with E-state index in [0.29, 0.717) is 18.5 Å². The van der Waals surface area contributed by atoms with Gasteiger partial charge in [-0.25, -0.2) is 8.42 Å². The fourth-order valence-corrected chi connectivity index (χ4v) is 4.17. The van der Waals surface area contributed by atoms with Crippen LogP contribution < -0.4 is 0 Å². The molecule has 1 aliphatic heterocycles. The van der Waals surface area contributed by atoms with Crippen LogP contribution in [0.4, 0.5) is 0 Å². The van der Waals surface area contributed by atoms with Crippen LogP contribution in [0.3, 0.4) is 0 Å². The quantitative estimate of drug-likeness (QED) is 0.811. The van der Waals surface area contributed by atoms with Crippen molar-refractivity contribution in [3.8, 4) is 0 Å². The number of hydrogen-bond donors (Lipinski definition) is 1. The summed E-state index contributed by atoms with van der Waals surface area (Å²) in [7, 11) is -2.01. The zero-order chi connectivity index (χ0) is 18.6. The van der Waals surface area contributed by atoms with Crippen molar-refractivity contribution in [1.82, 2.24) is 4.90 Å². The standard InChI is InChI=1S/C17H23NO6S/c1-12-9-14(17(20)21)11-18(10-12)16(19)13-3-5-15(6-4-13)25(22,23)8-7-24-2/h3-6,12,14H,7-11H2,1-2H3,(H,20,21). The van der Waals surface area contributed by atoms with E-state index in [1.165, 1.54) is 36.3 Å². The van der Waals surface area contributed by atoms with Gasteiger partial charge in [-0.2, -0.15) is 0 Å². The molecule has 0 saturated carbocycles. The molecular formula is C17H23NO6S. The molecule has 1 N–H and O–H groups in total. The number of nitrogens with zero attached hydrogens (tertiary/aromatic N) is 1. The third kappa shape index (κ3) is 4.79. The van der Waals surface area contributed by atoms with Crippen LogP contribution in [0.1, 0.15) is 23.7 Å². The third-order valence-electron chi connectivity index (χ3n) is 4.31. The average Bonchev–Trinajstić information content (AvgIpc) is 2.59. The van der Waals surface area contributed by atoms with Crippen LogP contribution in [0.5, 0.6) is 0 Å². The van der Waals surface area contributed by atoms with E-state index in [-0.39, 0.29) is 35.6 Å². The van der Waals surface area contributed by atoms with Gasteiger partial charge < -0.3 is 14.7 Å². The SMILES string of the molecule is COCCS(=O)(=O)c1ccc(C(=O)N2CC(C)CC(C(=O)O)C2)cc1. The highest BCUT2D eigenvalue weighted by atomic mass is 32.2. The molecule has 0 aromatic heterocycles. The molecule has 0 spiro atoms. The van der Waals surface area contributed by atoms with E-state index in [1.54, 1.807) is 0 Å². The third-order valence-corrected chi connectivity index (χ3v) is 6.01. The molecule has 0 aliphatic carbocycles. The molecule has 138 valence electrons. The maximum absolute atomic E-state index is 12.6. The second-order valence-corrected chi connectivity index (χ2v) is 8.53. The molecule has 1 aromatic rings. The number of benzene rings is 1. The van der Waals surface area contributed by atoms with Gasteiger partial charge in [0, 0.05) is 25.8 Å². The Hall–Kier alpha value is -1.93. The number of sulfone groups is 1. The van der Waals surface area contributed by atoms with Gasteiger partial charge in [-0.1, -0.05) is 6.92 Å². The number of ether oxygens (including phenoxy) is 1. The molecule has 0 radical (unpaired) electrons. The largest absolute Gasteiger partial charge is 0.481 e. The number of methoxy groups -OCH3 is 1. The highest BCUT2D eigenvalue weighted by Crippen LogP contribution is 2.23. The predicted molar refractivity (Wildman–Crippen MR) is 91.2 cm³/mol. The molecule has 1 aromatic carbocycles. The van der Waals surface area contributed by atoms with E-state index in [1.807, 2.05) is 6.92 Å². The lowest BCUT2D eigenvalue weighted by Gasteiger charge is -2.34. The Morgan fingerprint density at radius 3 is 2.44 bits per heavy atom. The number of carboxylic acids is 1. The van der Waals surface area contributed by atoms with Crippen molar-refractivity contribution in [2.75, 3.05) is 32.6 Å². The molecule has 1 aliphatic rings. The van der Waals surface area contributed by atoms with Gasteiger partial charge >= 0.3 is 5.97 Å². The van der Waals surface area contributed by atoms with Crippen LogP contribution in [-0.2, 0) is 19.4 Å². The number of amides is 1. The Morgan fingerprint density at radius 1 is 1.24 bits per heavy atom. The Labute approximate surface area is 147 Å². The minimum Gasteiger partial charge on any atom is -0.481 e. The average molecular weight is 369 g/mol. The highest BCUT2D eigenvalue weighted by molar-refractivity contribution is 7.91. The number of carbonyl (C=O) groups is 2. The zero-order valence-corrected chi connectivity index (χ0v) is 15.2. The maximum Gasteiger partial charge on any atom is 0.308 e. The van der Waals surface area contributed by atoms with E-state index in [9.17, 15) is 23.1 Å². The van der Waals surface area contributed by atoms with Gasteiger partial charge in [-0.3, -0.25) is 9.59 Å². The summed E-state index contributed by atoms with van der Waals surface area (Å²) in [6, 6.07) is 5.74. The first-order valence-corrected chi connectivity index (χ1v) is 9.73. The number of piperidine rings is 1. The van der Waals surface area contributed by atoms with E-state index >= 15 is 0 Å². The molecule has 7 nitrogen and oxygen atoms in total. The molecule has 1 saturated heterocycles. The van der Waals surface area contributed by atoms with Crippen LogP contribution in [0, 0.1) is 11.8 Å². The minimum absolute atomic E-state index is 0.102. The Balaban J connectivity index is 2.13. The van der Waals surface area contributed by atoms with Crippen molar-refractivity contribution >= 4 is 21.7 Å². The fraction of sp³-hybridized carbons (Fsp3) is 0.529. The van der Waals surface area contributed by atoms with Gasteiger partial charge in [0.05, 0.1) is 23.2 Å². The van der Waals surface area contributed by atoms with Gasteiger partial charge in [0.25, 0.3) is 5.91 Å². The predicted octanol–water partition coefficient (Wildman–Crippen LogP) is 1.29. The van der Waals surface area contributed by atoms with Gasteiger partial charge in [-0.05, 0) is 36.6 Å². The molecular weight excluding hydrogens is 346 g/mol. The first-order valence-electron chi connectivity index (χ1n) is 8.08. The van der Waals surface area contributed by atoms with Crippen LogP contribution in [0.25, 0.3) is 0 Å². The molecule has 2 atom stereocenters. The fourth-order valence-electron chi connectivity index (χ4n) is 2.99. The Bertz CT molecular complexity index is 728. The molecule has 0 bridgehead atoms. The van der Waals surface area contributed by atoms with Crippen molar-refractivity contribution in [2.45, 2.75) is 18.2 Å². The second kappa shape index (κ2) is 7.97. The molecule has 2 unspecified atom stereocenters. The Kier molecular flexibility index (Phi) is 6.18. The van der Waals surface area contributed by atoms with Crippen LogP contribution in [-0.4, -0.2) is 62.9 Å². The van der Waals surface area contributed by atoms with E-state index in [4.69, 9.17) is 4.74 Å². The number of rotatable bonds is 6. The lowest BCUT2D eigenvalue weighted by molar-refractivity contribution is -0.143. The summed E-state index contributed by atoms with van der Waals surface area (Å²) < 4.78 is 29.0. The van der Waals surface area contributed by atoms with Crippen molar-refractivity contribution < 1.29 is 27.9 Å². The topological polar surface area (TPSA) is 101 Å². The maximum atomic E-state index is 12.6. The molecule has 1 amide bonds. The zero-order valence-electron chi connectivity index (χ0n) is 14.3. The summed E-state index contributed by atoms with van der Waals surface area (Å²) in [6.07, 6.45) is 0.551. The van der Waals surface area contributed by atoms with E-state index in [0.717, 1.165) is 0 Å². The number of carbonyl (C=O) groups excluding carboxylic acids is 1. The van der Waals surface area contributed by atoms with Crippen LogP contribution >= 0.6 is 0 Å². The monoisotopic (exact) mass is 369 g/mol. The van der Waals surface area contributed by atoms with Gasteiger partial charge in [0.2, 0.25) is 0 Å². The van der Waals surface area contributed by atoms with Crippen molar-refractivity contribution in [3.63, 3.8) is 0 Å². The molecule has 2 rings (SSSR count). The second-order valence-electron chi connectivity index (χ2n) is 6.42. The summed E-state index contributed by atoms with van der Waals surface area (Å²) in [5.41, 5.74) is 0.351. The summed E-state index contributed by atoms with van der Waals surface area (Å²) in [4.78, 5) is 25.5. The number of hydrogen-bond acceptors (Lipinski definition) is 5. The number of aliphatic carboxylic acids is 1. The van der Waals surface area contributed by atoms with Gasteiger partial charge in [-0.15, -0.1) is 0 Å². The highest BCUT2D eigenvalue weighted by Gasteiger charge is 2.32. The first-order chi connectivity index (χ1) is 11.7. The molecule has 1 fully saturated rings. The summed E-state index contributed by atoms with van der Waals surface area (Å²) in [5.74, 6) is -1.77. The smallest absolute Gasteiger partial charge is 0.308 e. The van der Waals surface area contributed by atoms with E-state index in [2.05, 4.69) is 0 Å². The van der Waals surface area contributed by atoms with E-state index < -0.39 is 21.7 Å². The Morgan fingerprint density at radius 2 is 1.88 bits per heavy atom. The first kappa shape index (κ1) is 19.4. The van der Waals surface area contributed by atoms with Gasteiger partial charge in [0.15, 0.2) is 9.84 Å². The molecule has 8 heteroatoms. The van der Waals surface area contributed by atoms with Crippen molar-refractivity contribution in [3.05, 3.63) is 29.8 Å². The van der Waals surface area contributed by atoms with Gasteiger partial charge in [0.1, 0.15) is 0 Å². The number of carboxylic acid groups (broad SMARTS) is 1. The van der Waals surface area contributed by atoms with Crippen LogP contribution in [0.15, 0.2) is 29.2 Å². The minimum atomic E-state index is -3.45. The number of likely N-dealkylation sites (tertiary alicyclic amines) is 1. The normalized spacial score (nSPS) is 21.1. The lowest BCUT2D eigenvalue weighted by atomic mass is 9.90. The van der Waals surface area contributed by atoms with Crippen molar-refractivity contribution in [2.24, 2.45) is 11.8 Å². The molecule has 1 heterocycles. The summed E-state index contributed by atoms with van der Waals surface area (Å²) in [6.45, 7) is 2.69. The van der Waals surface area contributed by atoms with Crippen LogP contribution in [0.2, 0.25) is 0 Å². The molecule has 25 heavy (non-hydrogen) atoms. The lowest BCUT2D eigenvalue weighted by Crippen LogP contribution is -2.45. The summed E-state index contributed by atoms with van der Waals surface area (Å²) in [5, 5.41) is 9.21. The van der Waals surface area contributed by atoms with Crippen molar-refractivity contribution in [1.29, 1.82) is 0 Å².